The van der Waals surface area contributed by atoms with E-state index >= 15 is 0 Å². The lowest BCUT2D eigenvalue weighted by Gasteiger charge is -2.22. The van der Waals surface area contributed by atoms with Crippen LogP contribution in [0.25, 0.3) is 0 Å². The predicted octanol–water partition coefficient (Wildman–Crippen LogP) is 2.23. The number of ether oxygens (including phenoxy) is 1. The highest BCUT2D eigenvalue weighted by Crippen LogP contribution is 2.24. The molecule has 1 unspecified atom stereocenters. The molecule has 0 bridgehead atoms. The van der Waals surface area contributed by atoms with E-state index < -0.39 is 4.92 Å². The summed E-state index contributed by atoms with van der Waals surface area (Å²) in [4.78, 5) is 10.1. The summed E-state index contributed by atoms with van der Waals surface area (Å²) in [5.41, 5.74) is 0.117. The summed E-state index contributed by atoms with van der Waals surface area (Å²) in [6.07, 6.45) is 3.31. The zero-order chi connectivity index (χ0) is 14.4. The van der Waals surface area contributed by atoms with Crippen molar-refractivity contribution in [3.63, 3.8) is 0 Å². The van der Waals surface area contributed by atoms with Gasteiger partial charge < -0.3 is 10.1 Å². The number of hydrogen-bond acceptors (Lipinski definition) is 5. The van der Waals surface area contributed by atoms with E-state index in [1.54, 1.807) is 0 Å². The third-order valence-electron chi connectivity index (χ3n) is 3.48. The molecule has 0 aromatic heterocycles. The van der Waals surface area contributed by atoms with E-state index in [1.807, 2.05) is 6.07 Å². The quantitative estimate of drug-likeness (QED) is 0.657. The van der Waals surface area contributed by atoms with Gasteiger partial charge in [0.05, 0.1) is 11.5 Å². The number of nitrogens with zero attached hydrogens (tertiary/aromatic N) is 2. The molecular formula is C14H17N3O3. The monoisotopic (exact) mass is 275 g/mol. The summed E-state index contributed by atoms with van der Waals surface area (Å²) < 4.78 is 5.59. The topological polar surface area (TPSA) is 88.2 Å². The predicted molar refractivity (Wildman–Crippen MR) is 73.5 cm³/mol. The van der Waals surface area contributed by atoms with E-state index in [4.69, 9.17) is 10.00 Å². The van der Waals surface area contributed by atoms with Crippen LogP contribution >= 0.6 is 0 Å². The van der Waals surface area contributed by atoms with Crippen LogP contribution in [0.1, 0.15) is 24.8 Å². The van der Waals surface area contributed by atoms with Crippen molar-refractivity contribution in [3.8, 4) is 11.8 Å². The molecule has 1 heterocycles. The average Bonchev–Trinajstić information content (AvgIpc) is 2.48. The van der Waals surface area contributed by atoms with Gasteiger partial charge in [-0.2, -0.15) is 5.26 Å². The Morgan fingerprint density at radius 3 is 3.05 bits per heavy atom. The van der Waals surface area contributed by atoms with Gasteiger partial charge >= 0.3 is 0 Å². The molecule has 6 nitrogen and oxygen atoms in total. The first-order chi connectivity index (χ1) is 9.70. The molecule has 0 amide bonds. The van der Waals surface area contributed by atoms with Crippen LogP contribution in [0.2, 0.25) is 0 Å². The van der Waals surface area contributed by atoms with Crippen molar-refractivity contribution >= 4 is 5.69 Å². The molecule has 0 radical (unpaired) electrons. The van der Waals surface area contributed by atoms with Crippen molar-refractivity contribution in [2.45, 2.75) is 19.3 Å². The van der Waals surface area contributed by atoms with Crippen LogP contribution in [-0.2, 0) is 0 Å². The van der Waals surface area contributed by atoms with Crippen LogP contribution in [0.5, 0.6) is 5.75 Å². The fourth-order valence-corrected chi connectivity index (χ4v) is 2.35. The smallest absolute Gasteiger partial charge is 0.271 e. The van der Waals surface area contributed by atoms with Gasteiger partial charge in [-0.25, -0.2) is 0 Å². The fourth-order valence-electron chi connectivity index (χ4n) is 2.35. The number of benzene rings is 1. The highest BCUT2D eigenvalue weighted by molar-refractivity contribution is 5.50. The Bertz CT molecular complexity index is 519. The number of non-ortho nitro benzene ring substituents is 1. The Morgan fingerprint density at radius 1 is 1.55 bits per heavy atom. The third-order valence-corrected chi connectivity index (χ3v) is 3.48. The molecule has 6 heteroatoms. The lowest BCUT2D eigenvalue weighted by molar-refractivity contribution is -0.384. The van der Waals surface area contributed by atoms with E-state index in [0.29, 0.717) is 18.3 Å². The fraction of sp³-hybridized carbons (Fsp3) is 0.500. The maximum Gasteiger partial charge on any atom is 0.271 e. The Morgan fingerprint density at radius 2 is 2.40 bits per heavy atom. The van der Waals surface area contributed by atoms with Gasteiger partial charge in [0.15, 0.2) is 0 Å². The number of nitro benzene ring substituents is 1. The summed E-state index contributed by atoms with van der Waals surface area (Å²) >= 11 is 0. The van der Waals surface area contributed by atoms with Crippen molar-refractivity contribution in [2.24, 2.45) is 5.92 Å². The van der Waals surface area contributed by atoms with Crippen LogP contribution in [0.15, 0.2) is 18.2 Å². The lowest BCUT2D eigenvalue weighted by atomic mass is 9.97. The second-order valence-corrected chi connectivity index (χ2v) is 4.90. The van der Waals surface area contributed by atoms with E-state index in [1.165, 1.54) is 31.0 Å². The number of hydrogen-bond donors (Lipinski definition) is 1. The lowest BCUT2D eigenvalue weighted by Crippen LogP contribution is -2.30. The summed E-state index contributed by atoms with van der Waals surface area (Å²) in [7, 11) is 0. The Balaban J connectivity index is 1.92. The molecule has 1 atom stereocenters. The summed E-state index contributed by atoms with van der Waals surface area (Å²) in [5.74, 6) is 1.02. The molecule has 1 fully saturated rings. The second kappa shape index (κ2) is 6.87. The first kappa shape index (κ1) is 14.3. The van der Waals surface area contributed by atoms with E-state index in [2.05, 4.69) is 5.32 Å². The minimum Gasteiger partial charge on any atom is -0.492 e. The molecule has 1 saturated heterocycles. The molecule has 1 aromatic carbocycles. The molecule has 1 aromatic rings. The third kappa shape index (κ3) is 3.68. The normalized spacial score (nSPS) is 18.2. The van der Waals surface area contributed by atoms with E-state index in [0.717, 1.165) is 19.5 Å². The zero-order valence-electron chi connectivity index (χ0n) is 11.2. The largest absolute Gasteiger partial charge is 0.492 e. The van der Waals surface area contributed by atoms with Crippen LogP contribution in [0.3, 0.4) is 0 Å². The number of nitro groups is 1. The average molecular weight is 275 g/mol. The molecule has 1 aliphatic heterocycles. The Kier molecular flexibility index (Phi) is 4.91. The van der Waals surface area contributed by atoms with E-state index in [9.17, 15) is 10.1 Å². The van der Waals surface area contributed by atoms with E-state index in [-0.39, 0.29) is 11.3 Å². The molecule has 1 N–H and O–H groups in total. The number of nitriles is 1. The van der Waals surface area contributed by atoms with Crippen LogP contribution in [0, 0.1) is 27.4 Å². The maximum absolute atomic E-state index is 10.6. The Labute approximate surface area is 117 Å². The van der Waals surface area contributed by atoms with Gasteiger partial charge in [0, 0.05) is 12.1 Å². The van der Waals surface area contributed by atoms with Crippen molar-refractivity contribution in [2.75, 3.05) is 19.7 Å². The summed E-state index contributed by atoms with van der Waals surface area (Å²) in [6, 6.07) is 6.04. The maximum atomic E-state index is 10.6. The highest BCUT2D eigenvalue weighted by atomic mass is 16.6. The highest BCUT2D eigenvalue weighted by Gasteiger charge is 2.14. The van der Waals surface area contributed by atoms with Gasteiger partial charge in [0.2, 0.25) is 0 Å². The summed E-state index contributed by atoms with van der Waals surface area (Å²) in [5, 5.41) is 23.0. The molecule has 20 heavy (non-hydrogen) atoms. The molecular weight excluding hydrogens is 258 g/mol. The van der Waals surface area contributed by atoms with Gasteiger partial charge in [-0.15, -0.1) is 0 Å². The molecule has 0 aliphatic carbocycles. The standard InChI is InChI=1S/C14H17N3O3/c15-9-12-8-13(17(18)19)3-4-14(12)20-7-5-11-2-1-6-16-10-11/h3-4,8,11,16H,1-2,5-7,10H2. The van der Waals surface area contributed by atoms with Crippen molar-refractivity contribution < 1.29 is 9.66 Å². The van der Waals surface area contributed by atoms with Gasteiger partial charge in [-0.3, -0.25) is 10.1 Å². The number of piperidine rings is 1. The molecule has 0 spiro atoms. The van der Waals surface area contributed by atoms with Gasteiger partial charge in [0.1, 0.15) is 17.4 Å². The van der Waals surface area contributed by atoms with Crippen molar-refractivity contribution in [3.05, 3.63) is 33.9 Å². The van der Waals surface area contributed by atoms with Crippen molar-refractivity contribution in [1.29, 1.82) is 5.26 Å². The summed E-state index contributed by atoms with van der Waals surface area (Å²) in [6.45, 7) is 2.62. The van der Waals surface area contributed by atoms with Crippen LogP contribution in [0.4, 0.5) is 5.69 Å². The molecule has 0 saturated carbocycles. The van der Waals surface area contributed by atoms with Crippen LogP contribution < -0.4 is 10.1 Å². The minimum atomic E-state index is -0.516. The molecule has 1 aliphatic rings. The second-order valence-electron chi connectivity index (χ2n) is 4.90. The van der Waals surface area contributed by atoms with Gasteiger partial charge in [0.25, 0.3) is 5.69 Å². The number of nitrogens with one attached hydrogen (secondary N) is 1. The van der Waals surface area contributed by atoms with Crippen molar-refractivity contribution in [1.82, 2.24) is 5.32 Å². The first-order valence-corrected chi connectivity index (χ1v) is 6.73. The molecule has 106 valence electrons. The first-order valence-electron chi connectivity index (χ1n) is 6.73. The number of rotatable bonds is 5. The minimum absolute atomic E-state index is 0.0922. The Hall–Kier alpha value is -2.13. The molecule has 2 rings (SSSR count). The van der Waals surface area contributed by atoms with Gasteiger partial charge in [-0.05, 0) is 44.3 Å². The van der Waals surface area contributed by atoms with Crippen LogP contribution in [-0.4, -0.2) is 24.6 Å². The SMILES string of the molecule is N#Cc1cc([N+](=O)[O-])ccc1OCCC1CCCNC1. The van der Waals surface area contributed by atoms with Gasteiger partial charge in [-0.1, -0.05) is 0 Å². The zero-order valence-corrected chi connectivity index (χ0v) is 11.2.